The number of likely N-dealkylation sites (tertiary alicyclic amines) is 1. The molecule has 1 heterocycles. The highest BCUT2D eigenvalue weighted by Crippen LogP contribution is 2.44. The number of ketones is 1. The molecule has 6 heteroatoms. The lowest BCUT2D eigenvalue weighted by molar-refractivity contribution is 0.0580. The monoisotopic (exact) mass is 481 g/mol. The van der Waals surface area contributed by atoms with Crippen LogP contribution in [0.5, 0.6) is 11.5 Å². The Hall–Kier alpha value is -1.33. The van der Waals surface area contributed by atoms with Gasteiger partial charge >= 0.3 is 0 Å². The van der Waals surface area contributed by atoms with Gasteiger partial charge < -0.3 is 14.4 Å². The normalized spacial score (nSPS) is 24.8. The van der Waals surface area contributed by atoms with Crippen molar-refractivity contribution in [3.05, 3.63) is 23.3 Å². The molecule has 0 radical (unpaired) electrons. The van der Waals surface area contributed by atoms with Gasteiger partial charge in [0.25, 0.3) is 0 Å². The van der Waals surface area contributed by atoms with Gasteiger partial charge in [-0.25, -0.2) is 4.39 Å². The van der Waals surface area contributed by atoms with Gasteiger partial charge in [-0.05, 0) is 88.6 Å². The third-order valence-corrected chi connectivity index (χ3v) is 7.70. The number of piperidine rings is 1. The number of alkyl halides is 1. The van der Waals surface area contributed by atoms with Crippen LogP contribution in [-0.2, 0) is 6.42 Å². The number of carbonyl (C=O) groups excluding carboxylic acids is 1. The van der Waals surface area contributed by atoms with Crippen molar-refractivity contribution in [2.75, 3.05) is 32.8 Å². The molecule has 0 spiro atoms. The van der Waals surface area contributed by atoms with Crippen LogP contribution in [0.2, 0.25) is 0 Å². The number of carbonyl (C=O) groups is 1. The fourth-order valence-electron chi connectivity index (χ4n) is 6.03. The lowest BCUT2D eigenvalue weighted by Crippen LogP contribution is -2.40. The Kier molecular flexibility index (Phi) is 9.46. The van der Waals surface area contributed by atoms with Gasteiger partial charge in [0.05, 0.1) is 13.2 Å². The molecule has 2 fully saturated rings. The molecule has 1 aliphatic heterocycles. The molecule has 2 aliphatic carbocycles. The van der Waals surface area contributed by atoms with E-state index in [1.165, 1.54) is 45.1 Å². The van der Waals surface area contributed by atoms with E-state index in [-0.39, 0.29) is 30.5 Å². The molecule has 0 bridgehead atoms. The summed E-state index contributed by atoms with van der Waals surface area (Å²) in [5.41, 5.74) is -0.550. The number of rotatable bonds is 8. The van der Waals surface area contributed by atoms with Gasteiger partial charge in [0.1, 0.15) is 0 Å². The van der Waals surface area contributed by atoms with Crippen molar-refractivity contribution in [1.29, 1.82) is 0 Å². The number of hydrogen-bond donors (Lipinski definition) is 0. The van der Waals surface area contributed by atoms with Crippen LogP contribution in [0.15, 0.2) is 12.1 Å². The van der Waals surface area contributed by atoms with E-state index in [1.807, 2.05) is 19.9 Å². The Morgan fingerprint density at radius 3 is 2.15 bits per heavy atom. The van der Waals surface area contributed by atoms with Gasteiger partial charge in [-0.3, -0.25) is 4.79 Å². The topological polar surface area (TPSA) is 38.8 Å². The first-order chi connectivity index (χ1) is 15.5. The molecular formula is C27H41ClFNO3. The second kappa shape index (κ2) is 11.9. The van der Waals surface area contributed by atoms with Crippen LogP contribution in [0.4, 0.5) is 4.39 Å². The number of Topliss-reactive ketones (excluding diaryl/α,β-unsaturated/α-hetero) is 1. The minimum atomic E-state index is -1.79. The number of ether oxygens (including phenoxy) is 2. The highest BCUT2D eigenvalue weighted by atomic mass is 35.5. The SMILES string of the molecule is CCOc1cc2c(cc1OCC)C(=O)C(F)(CC1CCN(CC3CCCCCC3)CC1)C2.Cl. The Balaban J connectivity index is 0.00000306. The predicted octanol–water partition coefficient (Wildman–Crippen LogP) is 6.43. The molecule has 3 aliphatic rings. The Morgan fingerprint density at radius 1 is 0.939 bits per heavy atom. The van der Waals surface area contributed by atoms with Gasteiger partial charge in [-0.2, -0.15) is 0 Å². The maximum absolute atomic E-state index is 16.0. The molecule has 1 saturated carbocycles. The molecule has 0 aromatic heterocycles. The molecule has 1 aromatic rings. The largest absolute Gasteiger partial charge is 0.490 e. The first kappa shape index (κ1) is 26.3. The van der Waals surface area contributed by atoms with Gasteiger partial charge in [-0.1, -0.05) is 25.7 Å². The van der Waals surface area contributed by atoms with Crippen LogP contribution in [-0.4, -0.2) is 49.2 Å². The first-order valence-corrected chi connectivity index (χ1v) is 12.9. The van der Waals surface area contributed by atoms with E-state index in [0.29, 0.717) is 36.7 Å². The number of halogens is 2. The average Bonchev–Trinajstić information content (AvgIpc) is 2.94. The quantitative estimate of drug-likeness (QED) is 0.401. The van der Waals surface area contributed by atoms with E-state index in [0.717, 1.165) is 37.4 Å². The van der Waals surface area contributed by atoms with Crippen LogP contribution >= 0.6 is 12.4 Å². The summed E-state index contributed by atoms with van der Waals surface area (Å²) in [4.78, 5) is 15.7. The molecule has 33 heavy (non-hydrogen) atoms. The Bertz CT molecular complexity index is 788. The molecule has 1 aromatic carbocycles. The minimum Gasteiger partial charge on any atom is -0.490 e. The number of benzene rings is 1. The zero-order valence-electron chi connectivity index (χ0n) is 20.4. The second-order valence-electron chi connectivity index (χ2n) is 10.1. The van der Waals surface area contributed by atoms with Crippen LogP contribution in [0.1, 0.15) is 87.6 Å². The molecule has 0 amide bonds. The summed E-state index contributed by atoms with van der Waals surface area (Å²) in [5, 5.41) is 0. The van der Waals surface area contributed by atoms with E-state index in [4.69, 9.17) is 9.47 Å². The Morgan fingerprint density at radius 2 is 1.55 bits per heavy atom. The molecule has 4 rings (SSSR count). The lowest BCUT2D eigenvalue weighted by atomic mass is 9.83. The van der Waals surface area contributed by atoms with Gasteiger partial charge in [0.15, 0.2) is 17.2 Å². The van der Waals surface area contributed by atoms with E-state index < -0.39 is 5.67 Å². The van der Waals surface area contributed by atoms with E-state index >= 15 is 4.39 Å². The summed E-state index contributed by atoms with van der Waals surface area (Å²) in [7, 11) is 0. The molecule has 1 unspecified atom stereocenters. The molecular weight excluding hydrogens is 441 g/mol. The van der Waals surface area contributed by atoms with Crippen molar-refractivity contribution in [3.8, 4) is 11.5 Å². The third-order valence-electron chi connectivity index (χ3n) is 7.70. The van der Waals surface area contributed by atoms with Crippen LogP contribution in [0.25, 0.3) is 0 Å². The fourth-order valence-corrected chi connectivity index (χ4v) is 6.03. The molecule has 1 saturated heterocycles. The first-order valence-electron chi connectivity index (χ1n) is 12.9. The number of fused-ring (bicyclic) bond motifs is 1. The molecule has 4 nitrogen and oxygen atoms in total. The third kappa shape index (κ3) is 6.22. The summed E-state index contributed by atoms with van der Waals surface area (Å²) in [6.45, 7) is 8.09. The Labute approximate surface area is 205 Å². The summed E-state index contributed by atoms with van der Waals surface area (Å²) < 4.78 is 27.3. The second-order valence-corrected chi connectivity index (χ2v) is 10.1. The fraction of sp³-hybridized carbons (Fsp3) is 0.741. The highest BCUT2D eigenvalue weighted by Gasteiger charge is 2.48. The van der Waals surface area contributed by atoms with Gasteiger partial charge in [0, 0.05) is 18.5 Å². The zero-order chi connectivity index (χ0) is 22.6. The summed E-state index contributed by atoms with van der Waals surface area (Å²) in [5.74, 6) is 1.90. The lowest BCUT2D eigenvalue weighted by Gasteiger charge is -2.36. The van der Waals surface area contributed by atoms with Crippen molar-refractivity contribution < 1.29 is 18.7 Å². The van der Waals surface area contributed by atoms with Crippen LogP contribution in [0, 0.1) is 11.8 Å². The number of hydrogen-bond acceptors (Lipinski definition) is 4. The van der Waals surface area contributed by atoms with Crippen molar-refractivity contribution >= 4 is 18.2 Å². The highest BCUT2D eigenvalue weighted by molar-refractivity contribution is 6.07. The zero-order valence-corrected chi connectivity index (χ0v) is 21.2. The van der Waals surface area contributed by atoms with E-state index in [1.54, 1.807) is 6.07 Å². The number of nitrogens with zero attached hydrogens (tertiary/aromatic N) is 1. The maximum atomic E-state index is 16.0. The molecule has 186 valence electrons. The van der Waals surface area contributed by atoms with Crippen molar-refractivity contribution in [1.82, 2.24) is 4.90 Å². The summed E-state index contributed by atoms with van der Waals surface area (Å²) in [6, 6.07) is 3.52. The van der Waals surface area contributed by atoms with Crippen molar-refractivity contribution in [2.45, 2.75) is 83.7 Å². The van der Waals surface area contributed by atoms with Gasteiger partial charge in [0.2, 0.25) is 5.78 Å². The van der Waals surface area contributed by atoms with Gasteiger partial charge in [-0.15, -0.1) is 12.4 Å². The van der Waals surface area contributed by atoms with E-state index in [9.17, 15) is 4.79 Å². The minimum absolute atomic E-state index is 0. The summed E-state index contributed by atoms with van der Waals surface area (Å²) in [6.07, 6.45) is 10.8. The van der Waals surface area contributed by atoms with Crippen molar-refractivity contribution in [3.63, 3.8) is 0 Å². The smallest absolute Gasteiger partial charge is 0.200 e. The predicted molar refractivity (Wildman–Crippen MR) is 133 cm³/mol. The van der Waals surface area contributed by atoms with Crippen LogP contribution in [0.3, 0.4) is 0 Å². The van der Waals surface area contributed by atoms with Crippen molar-refractivity contribution in [2.24, 2.45) is 11.8 Å². The van der Waals surface area contributed by atoms with E-state index in [2.05, 4.69) is 4.90 Å². The average molecular weight is 482 g/mol. The molecule has 1 atom stereocenters. The van der Waals surface area contributed by atoms with Crippen LogP contribution < -0.4 is 9.47 Å². The molecule has 0 N–H and O–H groups in total. The standard InChI is InChI=1S/C27H40FNO3.ClH/c1-3-31-24-15-22-18-27(28,26(30)23(22)16-25(24)32-4-2)17-20-11-13-29(14-12-20)19-21-9-7-5-6-8-10-21;/h15-16,20-21H,3-14,17-19H2,1-2H3;1H. The maximum Gasteiger partial charge on any atom is 0.200 e. The summed E-state index contributed by atoms with van der Waals surface area (Å²) >= 11 is 0.